The zero-order chi connectivity index (χ0) is 11.7. The first-order valence-electron chi connectivity index (χ1n) is 5.21. The molecule has 0 aromatic heterocycles. The van der Waals surface area contributed by atoms with Crippen LogP contribution in [-0.4, -0.2) is 11.9 Å². The summed E-state index contributed by atoms with van der Waals surface area (Å²) in [5.41, 5.74) is 2.52. The van der Waals surface area contributed by atoms with E-state index in [0.717, 1.165) is 17.5 Å². The summed E-state index contributed by atoms with van der Waals surface area (Å²) in [6.07, 6.45) is 4.71. The second-order valence-electron chi connectivity index (χ2n) is 3.71. The van der Waals surface area contributed by atoms with Crippen LogP contribution >= 0.6 is 0 Å². The highest BCUT2D eigenvalue weighted by Crippen LogP contribution is 2.27. The number of rotatable bonds is 2. The topological polar surface area (TPSA) is 43.4 Å². The summed E-state index contributed by atoms with van der Waals surface area (Å²) in [4.78, 5) is 22.9. The minimum Gasteiger partial charge on any atom is -0.386 e. The second-order valence-corrected chi connectivity index (χ2v) is 3.71. The lowest BCUT2D eigenvalue weighted by Crippen LogP contribution is -1.99. The Kier molecular flexibility index (Phi) is 2.60. The van der Waals surface area contributed by atoms with Crippen LogP contribution in [0.1, 0.15) is 45.2 Å². The number of carbonyl (C=O) groups is 2. The van der Waals surface area contributed by atoms with E-state index in [4.69, 9.17) is 0 Å². The molecule has 0 saturated carbocycles. The Bertz CT molecular complexity index is 498. The Balaban J connectivity index is 2.64. The molecule has 0 N–H and O–H groups in total. The fourth-order valence-corrected chi connectivity index (χ4v) is 1.75. The van der Waals surface area contributed by atoms with Crippen LogP contribution in [0.4, 0.5) is 0 Å². The lowest BCUT2D eigenvalue weighted by Gasteiger charge is -2.03. The molecule has 0 amide bonds. The van der Waals surface area contributed by atoms with Gasteiger partial charge in [0, 0.05) is 0 Å². The van der Waals surface area contributed by atoms with Crippen molar-refractivity contribution in [3.05, 3.63) is 40.5 Å². The number of cyclic esters (lactones) is 2. The highest BCUT2D eigenvalue weighted by atomic mass is 16.6. The molecular weight excluding hydrogens is 204 g/mol. The third kappa shape index (κ3) is 1.54. The van der Waals surface area contributed by atoms with Gasteiger partial charge in [0.05, 0.1) is 11.1 Å². The van der Waals surface area contributed by atoms with Gasteiger partial charge in [0.25, 0.3) is 0 Å². The van der Waals surface area contributed by atoms with Crippen molar-refractivity contribution in [3.63, 3.8) is 0 Å². The Hall–Kier alpha value is -1.90. The number of carbonyl (C=O) groups excluding carboxylic acids is 2. The van der Waals surface area contributed by atoms with Crippen LogP contribution in [0.25, 0.3) is 6.08 Å². The van der Waals surface area contributed by atoms with E-state index in [2.05, 4.69) is 4.74 Å². The third-order valence-corrected chi connectivity index (χ3v) is 2.59. The maximum atomic E-state index is 11.5. The van der Waals surface area contributed by atoms with E-state index in [9.17, 15) is 9.59 Å². The van der Waals surface area contributed by atoms with Gasteiger partial charge in [-0.2, -0.15) is 0 Å². The molecule has 0 spiro atoms. The van der Waals surface area contributed by atoms with E-state index in [1.54, 1.807) is 6.07 Å². The molecule has 1 aromatic carbocycles. The van der Waals surface area contributed by atoms with Crippen LogP contribution in [0.2, 0.25) is 0 Å². The van der Waals surface area contributed by atoms with Gasteiger partial charge in [-0.1, -0.05) is 25.1 Å². The van der Waals surface area contributed by atoms with Crippen molar-refractivity contribution < 1.29 is 14.3 Å². The number of fused-ring (bicyclic) bond motifs is 1. The number of esters is 2. The highest BCUT2D eigenvalue weighted by molar-refractivity contribution is 6.16. The maximum absolute atomic E-state index is 11.5. The minimum atomic E-state index is -0.550. The summed E-state index contributed by atoms with van der Waals surface area (Å²) in [6, 6.07) is 3.47. The summed E-state index contributed by atoms with van der Waals surface area (Å²) in [6.45, 7) is 3.92. The van der Waals surface area contributed by atoms with Crippen molar-refractivity contribution in [3.8, 4) is 0 Å². The Morgan fingerprint density at radius 3 is 2.69 bits per heavy atom. The molecule has 3 heteroatoms. The highest BCUT2D eigenvalue weighted by Gasteiger charge is 2.31. The van der Waals surface area contributed by atoms with Gasteiger partial charge in [0.2, 0.25) is 0 Å². The van der Waals surface area contributed by atoms with Crippen LogP contribution in [0.3, 0.4) is 0 Å². The molecule has 3 nitrogen and oxygen atoms in total. The van der Waals surface area contributed by atoms with Gasteiger partial charge in [-0.3, -0.25) is 0 Å². The lowest BCUT2D eigenvalue weighted by atomic mass is 9.97. The van der Waals surface area contributed by atoms with Gasteiger partial charge in [-0.25, -0.2) is 9.59 Å². The minimum absolute atomic E-state index is 0.367. The molecule has 0 radical (unpaired) electrons. The number of ether oxygens (including phenoxy) is 1. The predicted octanol–water partition coefficient (Wildman–Crippen LogP) is 2.73. The van der Waals surface area contributed by atoms with Gasteiger partial charge in [-0.05, 0) is 30.5 Å². The van der Waals surface area contributed by atoms with Gasteiger partial charge in [0.15, 0.2) is 0 Å². The molecule has 0 atom stereocenters. The van der Waals surface area contributed by atoms with Crippen molar-refractivity contribution >= 4 is 18.0 Å². The molecule has 0 fully saturated rings. The van der Waals surface area contributed by atoms with Gasteiger partial charge in [-0.15, -0.1) is 0 Å². The molecular formula is C13H12O3. The van der Waals surface area contributed by atoms with Crippen LogP contribution < -0.4 is 0 Å². The molecule has 1 heterocycles. The monoisotopic (exact) mass is 216 g/mol. The molecule has 16 heavy (non-hydrogen) atoms. The molecule has 0 aliphatic carbocycles. The molecule has 0 bridgehead atoms. The molecule has 0 unspecified atom stereocenters. The second kappa shape index (κ2) is 3.93. The fourth-order valence-electron chi connectivity index (χ4n) is 1.75. The van der Waals surface area contributed by atoms with Gasteiger partial charge >= 0.3 is 11.9 Å². The summed E-state index contributed by atoms with van der Waals surface area (Å²) < 4.78 is 4.60. The average Bonchev–Trinajstić information content (AvgIpc) is 2.53. The van der Waals surface area contributed by atoms with Crippen molar-refractivity contribution in [2.75, 3.05) is 0 Å². The standard InChI is InChI=1S/C13H12O3/c1-3-4-5-9-8(2)6-7-10-11(9)13(15)16-12(10)14/h4-7H,3H2,1-2H3. The fraction of sp³-hybridized carbons (Fsp3) is 0.231. The van der Waals surface area contributed by atoms with E-state index in [-0.39, 0.29) is 0 Å². The Morgan fingerprint density at radius 1 is 1.25 bits per heavy atom. The van der Waals surface area contributed by atoms with E-state index in [1.807, 2.05) is 32.1 Å². The molecule has 82 valence electrons. The first kappa shape index (κ1) is 10.6. The molecule has 0 saturated heterocycles. The molecule has 1 aliphatic rings. The Labute approximate surface area is 93.7 Å². The third-order valence-electron chi connectivity index (χ3n) is 2.59. The maximum Gasteiger partial charge on any atom is 0.347 e. The zero-order valence-corrected chi connectivity index (χ0v) is 9.24. The Morgan fingerprint density at radius 2 is 2.00 bits per heavy atom. The van der Waals surface area contributed by atoms with Crippen LogP contribution in [0.15, 0.2) is 18.2 Å². The van der Waals surface area contributed by atoms with Crippen LogP contribution in [0.5, 0.6) is 0 Å². The normalized spacial score (nSPS) is 14.4. The number of hydrogen-bond acceptors (Lipinski definition) is 3. The van der Waals surface area contributed by atoms with Crippen molar-refractivity contribution in [2.45, 2.75) is 20.3 Å². The SMILES string of the molecule is CCC=Cc1c(C)ccc2c1C(=O)OC2=O. The quantitative estimate of drug-likeness (QED) is 0.564. The summed E-state index contributed by atoms with van der Waals surface area (Å²) in [5.74, 6) is -1.09. The van der Waals surface area contributed by atoms with Crippen molar-refractivity contribution in [1.82, 2.24) is 0 Å². The number of allylic oxidation sites excluding steroid dienone is 1. The van der Waals surface area contributed by atoms with Crippen LogP contribution in [-0.2, 0) is 4.74 Å². The number of hydrogen-bond donors (Lipinski definition) is 0. The van der Waals surface area contributed by atoms with E-state index < -0.39 is 11.9 Å². The first-order valence-corrected chi connectivity index (χ1v) is 5.21. The molecule has 1 aliphatic heterocycles. The molecule has 2 rings (SSSR count). The average molecular weight is 216 g/mol. The summed E-state index contributed by atoms with van der Waals surface area (Å²) in [7, 11) is 0. The molecule has 1 aromatic rings. The lowest BCUT2D eigenvalue weighted by molar-refractivity contribution is 0.0443. The van der Waals surface area contributed by atoms with Crippen molar-refractivity contribution in [1.29, 1.82) is 0 Å². The number of benzene rings is 1. The van der Waals surface area contributed by atoms with E-state index >= 15 is 0 Å². The van der Waals surface area contributed by atoms with E-state index in [0.29, 0.717) is 11.1 Å². The van der Waals surface area contributed by atoms with Gasteiger partial charge in [0.1, 0.15) is 0 Å². The first-order chi connectivity index (χ1) is 7.65. The van der Waals surface area contributed by atoms with Crippen LogP contribution in [0, 0.1) is 6.92 Å². The smallest absolute Gasteiger partial charge is 0.347 e. The van der Waals surface area contributed by atoms with E-state index in [1.165, 1.54) is 0 Å². The largest absolute Gasteiger partial charge is 0.386 e. The van der Waals surface area contributed by atoms with Gasteiger partial charge < -0.3 is 4.74 Å². The summed E-state index contributed by atoms with van der Waals surface area (Å²) >= 11 is 0. The number of aryl methyl sites for hydroxylation is 1. The summed E-state index contributed by atoms with van der Waals surface area (Å²) in [5, 5.41) is 0. The van der Waals surface area contributed by atoms with Crippen molar-refractivity contribution in [2.24, 2.45) is 0 Å². The zero-order valence-electron chi connectivity index (χ0n) is 9.24. The predicted molar refractivity (Wildman–Crippen MR) is 60.3 cm³/mol.